The number of hydrogen-bond donors (Lipinski definition) is 3. The maximum Gasteiger partial charge on any atom is 0.334 e. The third-order valence-electron chi connectivity index (χ3n) is 8.99. The number of likely N-dealkylation sites (N-methyl/N-ethyl adjacent to an activating group) is 1. The monoisotopic (exact) mass is 647 g/mol. The summed E-state index contributed by atoms with van der Waals surface area (Å²) in [7, 11) is 3.71. The van der Waals surface area contributed by atoms with Crippen molar-refractivity contribution in [2.45, 2.75) is 38.3 Å². The zero-order valence-electron chi connectivity index (χ0n) is 27.2. The summed E-state index contributed by atoms with van der Waals surface area (Å²) in [5.41, 5.74) is 11.6. The first-order valence-corrected chi connectivity index (χ1v) is 16.0. The molecule has 4 N–H and O–H groups in total. The van der Waals surface area contributed by atoms with Gasteiger partial charge in [-0.1, -0.05) is 72.8 Å². The SMILES string of the molecule is CN(Cc1ccccc1N)c1cccc(CN2C[C@H]3N(C(=O)CN(C)N3C(=O)NCc3ccccc3)C(Cc3ccc(O)cc3)C2=O)c1. The van der Waals surface area contributed by atoms with Crippen LogP contribution < -0.4 is 16.0 Å². The summed E-state index contributed by atoms with van der Waals surface area (Å²) in [4.78, 5) is 47.1. The second-order valence-corrected chi connectivity index (χ2v) is 12.4. The Bertz CT molecular complexity index is 1770. The van der Waals surface area contributed by atoms with Crippen LogP contribution in [0, 0.1) is 0 Å². The number of phenols is 1. The normalized spacial score (nSPS) is 18.1. The Balaban J connectivity index is 1.28. The number of nitrogens with zero attached hydrogens (tertiary/aromatic N) is 5. The van der Waals surface area contributed by atoms with Gasteiger partial charge in [0.25, 0.3) is 0 Å². The first-order chi connectivity index (χ1) is 23.2. The summed E-state index contributed by atoms with van der Waals surface area (Å²) in [6, 6.07) is 30.8. The maximum atomic E-state index is 14.3. The zero-order valence-corrected chi connectivity index (χ0v) is 27.2. The molecule has 248 valence electrons. The number of para-hydroxylation sites is 1. The van der Waals surface area contributed by atoms with Gasteiger partial charge in [0.15, 0.2) is 0 Å². The van der Waals surface area contributed by atoms with E-state index in [1.54, 1.807) is 51.1 Å². The van der Waals surface area contributed by atoms with E-state index in [1.165, 1.54) is 0 Å². The van der Waals surface area contributed by atoms with Crippen LogP contribution in [0.25, 0.3) is 0 Å². The summed E-state index contributed by atoms with van der Waals surface area (Å²) in [5.74, 6) is -0.308. The topological polar surface area (TPSA) is 126 Å². The second kappa shape index (κ2) is 14.1. The predicted molar refractivity (Wildman–Crippen MR) is 184 cm³/mol. The Hall–Kier alpha value is -5.55. The van der Waals surface area contributed by atoms with E-state index in [1.807, 2.05) is 79.8 Å². The highest BCUT2D eigenvalue weighted by Crippen LogP contribution is 2.30. The van der Waals surface area contributed by atoms with Gasteiger partial charge >= 0.3 is 6.03 Å². The van der Waals surface area contributed by atoms with E-state index < -0.39 is 12.2 Å². The molecule has 2 heterocycles. The first kappa shape index (κ1) is 32.4. The highest BCUT2D eigenvalue weighted by atomic mass is 16.3. The van der Waals surface area contributed by atoms with Crippen molar-refractivity contribution in [2.75, 3.05) is 37.8 Å². The summed E-state index contributed by atoms with van der Waals surface area (Å²) in [6.45, 7) is 1.32. The number of benzene rings is 4. The van der Waals surface area contributed by atoms with Crippen molar-refractivity contribution in [1.29, 1.82) is 0 Å². The van der Waals surface area contributed by atoms with Crippen LogP contribution in [0.5, 0.6) is 5.75 Å². The Morgan fingerprint density at radius 1 is 0.917 bits per heavy atom. The van der Waals surface area contributed by atoms with Gasteiger partial charge in [-0.3, -0.25) is 9.59 Å². The van der Waals surface area contributed by atoms with Crippen molar-refractivity contribution in [3.05, 3.63) is 125 Å². The molecule has 2 aliphatic heterocycles. The Labute approximate surface area is 280 Å². The van der Waals surface area contributed by atoms with Gasteiger partial charge in [0.1, 0.15) is 18.0 Å². The molecule has 0 aliphatic carbocycles. The number of urea groups is 1. The van der Waals surface area contributed by atoms with Gasteiger partial charge in [0, 0.05) is 51.5 Å². The van der Waals surface area contributed by atoms with Crippen molar-refractivity contribution in [1.82, 2.24) is 25.1 Å². The lowest BCUT2D eigenvalue weighted by Gasteiger charge is -2.54. The molecule has 11 heteroatoms. The molecule has 0 spiro atoms. The van der Waals surface area contributed by atoms with E-state index in [4.69, 9.17) is 5.73 Å². The van der Waals surface area contributed by atoms with Crippen molar-refractivity contribution in [3.8, 4) is 5.75 Å². The molecule has 11 nitrogen and oxygen atoms in total. The molecule has 4 amide bonds. The molecule has 4 aromatic rings. The van der Waals surface area contributed by atoms with E-state index in [9.17, 15) is 19.5 Å². The molecule has 1 unspecified atom stereocenters. The number of carbonyl (C=O) groups excluding carboxylic acids is 3. The number of nitrogens with one attached hydrogen (secondary N) is 1. The molecule has 0 radical (unpaired) electrons. The highest BCUT2D eigenvalue weighted by Gasteiger charge is 2.50. The molecule has 0 bridgehead atoms. The van der Waals surface area contributed by atoms with Crippen molar-refractivity contribution in [2.24, 2.45) is 0 Å². The summed E-state index contributed by atoms with van der Waals surface area (Å²) < 4.78 is 0. The van der Waals surface area contributed by atoms with E-state index >= 15 is 0 Å². The van der Waals surface area contributed by atoms with Gasteiger partial charge in [-0.2, -0.15) is 0 Å². The fraction of sp³-hybridized carbons (Fsp3) is 0.270. The minimum Gasteiger partial charge on any atom is -0.508 e. The number of anilines is 2. The van der Waals surface area contributed by atoms with Gasteiger partial charge in [-0.05, 0) is 52.6 Å². The molecular weight excluding hydrogens is 606 g/mol. The number of fused-ring (bicyclic) bond motifs is 1. The number of aromatic hydroxyl groups is 1. The number of piperazine rings is 1. The largest absolute Gasteiger partial charge is 0.508 e. The number of amides is 4. The number of phenolic OH excluding ortho intramolecular Hbond substituents is 1. The third-order valence-corrected chi connectivity index (χ3v) is 8.99. The molecule has 2 atom stereocenters. The highest BCUT2D eigenvalue weighted by molar-refractivity contribution is 5.91. The summed E-state index contributed by atoms with van der Waals surface area (Å²) >= 11 is 0. The average molecular weight is 648 g/mol. The van der Waals surface area contributed by atoms with Crippen LogP contribution in [0.15, 0.2) is 103 Å². The van der Waals surface area contributed by atoms with E-state index in [0.717, 1.165) is 33.6 Å². The van der Waals surface area contributed by atoms with Gasteiger partial charge in [-0.15, -0.1) is 0 Å². The van der Waals surface area contributed by atoms with Crippen LogP contribution in [0.1, 0.15) is 22.3 Å². The second-order valence-electron chi connectivity index (χ2n) is 12.4. The van der Waals surface area contributed by atoms with E-state index in [0.29, 0.717) is 19.6 Å². The van der Waals surface area contributed by atoms with Crippen molar-refractivity contribution >= 4 is 29.2 Å². The van der Waals surface area contributed by atoms with Crippen molar-refractivity contribution < 1.29 is 19.5 Å². The third kappa shape index (κ3) is 7.06. The smallest absolute Gasteiger partial charge is 0.334 e. The van der Waals surface area contributed by atoms with E-state index in [2.05, 4.69) is 16.3 Å². The fourth-order valence-electron chi connectivity index (χ4n) is 6.49. The van der Waals surface area contributed by atoms with Crippen LogP contribution in [0.2, 0.25) is 0 Å². The molecule has 2 aliphatic rings. The number of carbonyl (C=O) groups is 3. The summed E-state index contributed by atoms with van der Waals surface area (Å²) in [5, 5.41) is 16.0. The molecule has 0 aromatic heterocycles. The first-order valence-electron chi connectivity index (χ1n) is 16.0. The predicted octanol–water partition coefficient (Wildman–Crippen LogP) is 3.79. The standard InChI is InChI=1S/C37H41N7O4/c1-40(23-29-12-6-7-14-32(29)38)30-13-8-11-28(19-30)22-42-24-34-43(33(36(42)47)20-26-15-17-31(45)18-16-26)35(46)25-41(2)44(34)37(48)39-21-27-9-4-3-5-10-27/h3-19,33-34,45H,20-25,38H2,1-2H3,(H,39,48)/t33?,34-/m0/s1. The molecule has 0 saturated carbocycles. The Morgan fingerprint density at radius 3 is 2.38 bits per heavy atom. The number of hydrazine groups is 1. The van der Waals surface area contributed by atoms with E-state index in [-0.39, 0.29) is 43.1 Å². The lowest BCUT2D eigenvalue weighted by molar-refractivity contribution is -0.187. The fourth-order valence-corrected chi connectivity index (χ4v) is 6.49. The van der Waals surface area contributed by atoms with Gasteiger partial charge < -0.3 is 30.9 Å². The molecule has 6 rings (SSSR count). The van der Waals surface area contributed by atoms with Crippen LogP contribution in [0.4, 0.5) is 16.2 Å². The molecular formula is C37H41N7O4. The lowest BCUT2D eigenvalue weighted by Crippen LogP contribution is -2.76. The quantitative estimate of drug-likeness (QED) is 0.236. The number of nitrogens with two attached hydrogens (primary N) is 1. The van der Waals surface area contributed by atoms with Gasteiger partial charge in [0.2, 0.25) is 11.8 Å². The molecule has 4 aromatic carbocycles. The lowest BCUT2D eigenvalue weighted by atomic mass is 9.98. The van der Waals surface area contributed by atoms with Crippen LogP contribution in [-0.4, -0.2) is 82.2 Å². The number of rotatable bonds is 9. The minimum absolute atomic E-state index is 0.0467. The minimum atomic E-state index is -0.842. The van der Waals surface area contributed by atoms with Crippen LogP contribution in [-0.2, 0) is 35.6 Å². The van der Waals surface area contributed by atoms with Crippen LogP contribution in [0.3, 0.4) is 0 Å². The van der Waals surface area contributed by atoms with Gasteiger partial charge in [0.05, 0.1) is 13.1 Å². The molecule has 2 fully saturated rings. The number of nitrogen functional groups attached to an aromatic ring is 1. The van der Waals surface area contributed by atoms with Crippen LogP contribution >= 0.6 is 0 Å². The molecule has 48 heavy (non-hydrogen) atoms. The van der Waals surface area contributed by atoms with Gasteiger partial charge in [-0.25, -0.2) is 14.8 Å². The summed E-state index contributed by atoms with van der Waals surface area (Å²) in [6.07, 6.45) is -0.485. The Morgan fingerprint density at radius 2 is 1.62 bits per heavy atom. The molecule has 2 saturated heterocycles. The number of hydrogen-bond acceptors (Lipinski definition) is 7. The Kier molecular flexibility index (Phi) is 9.49. The zero-order chi connectivity index (χ0) is 33.8. The van der Waals surface area contributed by atoms with Crippen molar-refractivity contribution in [3.63, 3.8) is 0 Å². The average Bonchev–Trinajstić information content (AvgIpc) is 3.08. The maximum absolute atomic E-state index is 14.3.